The Kier molecular flexibility index (Phi) is 90.7. The van der Waals surface area contributed by atoms with Crippen LogP contribution in [0.25, 0.3) is 0 Å². The van der Waals surface area contributed by atoms with Crippen molar-refractivity contribution in [3.8, 4) is 0 Å². The fraction of sp³-hybridized carbons (Fsp3) is 0.811. The van der Waals surface area contributed by atoms with Gasteiger partial charge in [-0.15, -0.1) is 19.7 Å². The third-order valence-electron chi connectivity index (χ3n) is 9.28. The molecular formula is C53H114O8. The number of hydrogen-bond donors (Lipinski definition) is 0. The van der Waals surface area contributed by atoms with E-state index in [2.05, 4.69) is 19.7 Å². The second-order valence-electron chi connectivity index (χ2n) is 14.5. The molecule has 374 valence electrons. The molecule has 0 bridgehead atoms. The summed E-state index contributed by atoms with van der Waals surface area (Å²) in [5.74, 6) is 1.64. The third-order valence-corrected chi connectivity index (χ3v) is 9.28. The third kappa shape index (κ3) is 67.0. The molecule has 0 spiro atoms. The van der Waals surface area contributed by atoms with Crippen molar-refractivity contribution in [2.75, 3.05) is 28.4 Å². The molecule has 61 heavy (non-hydrogen) atoms. The molecule has 8 heteroatoms. The highest BCUT2D eigenvalue weighted by Gasteiger charge is 2.19. The van der Waals surface area contributed by atoms with Gasteiger partial charge in [0.1, 0.15) is 23.1 Å². The molecule has 1 aliphatic carbocycles. The SMILES string of the molecule is C.C.C.C.C.C.C.C.C=CCCC(CC(C)=O)OC.C=CCCCCC(CC(C)=O)OC.C=CCCCCCCC(CC(C)=O)OC.COC(CC(C)=O)CC1CCCCC1. The maximum absolute atomic E-state index is 11.0. The maximum atomic E-state index is 11.0. The van der Waals surface area contributed by atoms with Gasteiger partial charge in [-0.25, -0.2) is 0 Å². The number of carbonyl (C=O) groups excluding carboxylic acids is 4. The van der Waals surface area contributed by atoms with Crippen LogP contribution in [0.1, 0.15) is 228 Å². The molecular weight excluding hydrogens is 765 g/mol. The Bertz CT molecular complexity index is 925. The Morgan fingerprint density at radius 2 is 0.738 bits per heavy atom. The molecule has 0 aliphatic heterocycles. The van der Waals surface area contributed by atoms with Gasteiger partial charge in [-0.2, -0.15) is 0 Å². The zero-order chi connectivity index (χ0) is 40.7. The van der Waals surface area contributed by atoms with Gasteiger partial charge in [0.2, 0.25) is 0 Å². The van der Waals surface area contributed by atoms with Crippen LogP contribution in [0.4, 0.5) is 0 Å². The monoisotopic (exact) mass is 879 g/mol. The van der Waals surface area contributed by atoms with Crippen LogP contribution >= 0.6 is 0 Å². The van der Waals surface area contributed by atoms with Gasteiger partial charge < -0.3 is 18.9 Å². The molecule has 1 rings (SSSR count). The van der Waals surface area contributed by atoms with E-state index in [-0.39, 0.29) is 107 Å². The van der Waals surface area contributed by atoms with Crippen LogP contribution in [-0.4, -0.2) is 76.0 Å². The lowest BCUT2D eigenvalue weighted by Gasteiger charge is -2.25. The van der Waals surface area contributed by atoms with E-state index in [1.54, 1.807) is 56.1 Å². The van der Waals surface area contributed by atoms with E-state index in [1.807, 2.05) is 18.2 Å². The van der Waals surface area contributed by atoms with Crippen molar-refractivity contribution >= 4 is 23.1 Å². The van der Waals surface area contributed by atoms with E-state index in [0.717, 1.165) is 70.1 Å². The number of allylic oxidation sites excluding steroid dienone is 3. The first-order valence-electron chi connectivity index (χ1n) is 20.2. The molecule has 0 aromatic rings. The van der Waals surface area contributed by atoms with Crippen molar-refractivity contribution in [3.63, 3.8) is 0 Å². The van der Waals surface area contributed by atoms with Gasteiger partial charge in [-0.3, -0.25) is 19.2 Å². The molecule has 1 aliphatic rings. The Balaban J connectivity index is -0.0000000585. The second kappa shape index (κ2) is 64.4. The zero-order valence-corrected chi connectivity index (χ0v) is 35.6. The predicted molar refractivity (Wildman–Crippen MR) is 275 cm³/mol. The van der Waals surface area contributed by atoms with E-state index in [4.69, 9.17) is 18.9 Å². The second-order valence-corrected chi connectivity index (χ2v) is 14.5. The molecule has 0 radical (unpaired) electrons. The number of ketones is 4. The minimum Gasteiger partial charge on any atom is -0.381 e. The number of hydrogen-bond acceptors (Lipinski definition) is 8. The van der Waals surface area contributed by atoms with Crippen molar-refractivity contribution < 1.29 is 38.1 Å². The van der Waals surface area contributed by atoms with Crippen LogP contribution in [0, 0.1) is 5.92 Å². The minimum atomic E-state index is 0. The standard InChI is InChI=1S/C13H24O2.C12H22O2.C11H20O2.C9H16O2.8CH4/c1-4-5-6-7-8-9-10-13(15-3)11-12(2)14;1-10(13)8-12(14-2)9-11-6-4-3-5-7-11;1-4-5-6-7-8-11(13-3)9-10(2)12;1-4-5-6-9(11-3)7-8(2)10;;;;;;;;/h4,13H,1,5-11H2,2-3H3;11-12H,3-9H2,1-2H3;4,11H,1,5-9H2,2-3H3;4,9H,1,5-7H2,2-3H3;8*1H4. The van der Waals surface area contributed by atoms with Crippen LogP contribution in [0.5, 0.6) is 0 Å². The van der Waals surface area contributed by atoms with E-state index in [1.165, 1.54) is 51.4 Å². The minimum absolute atomic E-state index is 0. The van der Waals surface area contributed by atoms with Crippen LogP contribution in [0.3, 0.4) is 0 Å². The summed E-state index contributed by atoms with van der Waals surface area (Å²) in [7, 11) is 6.71. The van der Waals surface area contributed by atoms with Crippen LogP contribution in [-0.2, 0) is 38.1 Å². The molecule has 1 fully saturated rings. The molecule has 4 atom stereocenters. The molecule has 0 N–H and O–H groups in total. The first kappa shape index (κ1) is 85.9. The topological polar surface area (TPSA) is 105 Å². The Labute approximate surface area is 385 Å². The van der Waals surface area contributed by atoms with Crippen LogP contribution < -0.4 is 0 Å². The molecule has 0 aromatic carbocycles. The summed E-state index contributed by atoms with van der Waals surface area (Å²) in [6.45, 7) is 17.4. The van der Waals surface area contributed by atoms with E-state index >= 15 is 0 Å². The highest BCUT2D eigenvalue weighted by atomic mass is 16.5. The number of unbranched alkanes of at least 4 members (excludes halogenated alkanes) is 6. The summed E-state index contributed by atoms with van der Waals surface area (Å²) < 4.78 is 20.9. The van der Waals surface area contributed by atoms with Crippen molar-refractivity contribution in [1.29, 1.82) is 0 Å². The number of Topliss-reactive ketones (excluding diaryl/α,β-unsaturated/α-hetero) is 4. The van der Waals surface area contributed by atoms with Gasteiger partial charge in [0.25, 0.3) is 0 Å². The van der Waals surface area contributed by atoms with Crippen molar-refractivity contribution in [2.45, 2.75) is 253 Å². The quantitative estimate of drug-likeness (QED) is 0.0540. The molecule has 0 amide bonds. The van der Waals surface area contributed by atoms with Gasteiger partial charge in [-0.1, -0.05) is 135 Å². The Morgan fingerprint density at radius 3 is 1.07 bits per heavy atom. The molecule has 0 heterocycles. The predicted octanol–water partition coefficient (Wildman–Crippen LogP) is 16.2. The Morgan fingerprint density at radius 1 is 0.443 bits per heavy atom. The molecule has 0 aromatic heterocycles. The molecule has 1 saturated carbocycles. The highest BCUT2D eigenvalue weighted by Crippen LogP contribution is 2.28. The van der Waals surface area contributed by atoms with Gasteiger partial charge in [-0.05, 0) is 91.4 Å². The summed E-state index contributed by atoms with van der Waals surface area (Å²) in [5.41, 5.74) is 0. The highest BCUT2D eigenvalue weighted by molar-refractivity contribution is 5.76. The lowest BCUT2D eigenvalue weighted by Crippen LogP contribution is -2.20. The lowest BCUT2D eigenvalue weighted by molar-refractivity contribution is -0.120. The fourth-order valence-corrected chi connectivity index (χ4v) is 6.23. The van der Waals surface area contributed by atoms with Gasteiger partial charge in [0.05, 0.1) is 24.4 Å². The normalized spacial score (nSPS) is 12.7. The van der Waals surface area contributed by atoms with Crippen molar-refractivity contribution in [1.82, 2.24) is 0 Å². The van der Waals surface area contributed by atoms with Gasteiger partial charge in [0.15, 0.2) is 0 Å². The number of ether oxygens (including phenoxy) is 4. The van der Waals surface area contributed by atoms with E-state index in [9.17, 15) is 19.2 Å². The van der Waals surface area contributed by atoms with Crippen LogP contribution in [0.2, 0.25) is 0 Å². The largest absolute Gasteiger partial charge is 0.381 e. The first-order valence-corrected chi connectivity index (χ1v) is 20.2. The molecule has 8 nitrogen and oxygen atoms in total. The average Bonchev–Trinajstić information content (AvgIpc) is 3.12. The lowest BCUT2D eigenvalue weighted by atomic mass is 9.84. The summed E-state index contributed by atoms with van der Waals surface area (Å²) in [6.07, 6.45) is 29.3. The number of carbonyl (C=O) groups is 4. The number of rotatable bonds is 29. The molecule has 4 unspecified atom stereocenters. The Hall–Kier alpha value is -2.26. The zero-order valence-electron chi connectivity index (χ0n) is 35.6. The van der Waals surface area contributed by atoms with E-state index in [0.29, 0.717) is 25.7 Å². The summed E-state index contributed by atoms with van der Waals surface area (Å²) >= 11 is 0. The smallest absolute Gasteiger partial charge is 0.132 e. The van der Waals surface area contributed by atoms with Crippen molar-refractivity contribution in [2.24, 2.45) is 5.92 Å². The molecule has 0 saturated heterocycles. The maximum Gasteiger partial charge on any atom is 0.132 e. The summed E-state index contributed by atoms with van der Waals surface area (Å²) in [4.78, 5) is 43.3. The van der Waals surface area contributed by atoms with Crippen LogP contribution in [0.15, 0.2) is 38.0 Å². The first-order chi connectivity index (χ1) is 25.3. The summed E-state index contributed by atoms with van der Waals surface area (Å²) in [6, 6.07) is 0. The fourth-order valence-electron chi connectivity index (χ4n) is 6.23. The van der Waals surface area contributed by atoms with Gasteiger partial charge >= 0.3 is 0 Å². The summed E-state index contributed by atoms with van der Waals surface area (Å²) in [5, 5.41) is 0. The number of methoxy groups -OCH3 is 4. The van der Waals surface area contributed by atoms with Gasteiger partial charge in [0, 0.05) is 54.1 Å². The van der Waals surface area contributed by atoms with Crippen molar-refractivity contribution in [3.05, 3.63) is 38.0 Å². The average molecular weight is 879 g/mol. The van der Waals surface area contributed by atoms with E-state index < -0.39 is 0 Å².